The van der Waals surface area contributed by atoms with Crippen LogP contribution in [0.25, 0.3) is 0 Å². The van der Waals surface area contributed by atoms with Crippen LogP contribution in [0.3, 0.4) is 0 Å². The molecule has 0 aliphatic rings. The Hall–Kier alpha value is -1.08. The Balaban J connectivity index is 2.36. The lowest BCUT2D eigenvalue weighted by atomic mass is 10.1. The smallest absolute Gasteiger partial charge is 0.256 e. The fraction of sp³-hybridized carbons (Fsp3) is 0.133. The molecule has 1 amide bonds. The van der Waals surface area contributed by atoms with E-state index in [-0.39, 0.29) is 5.91 Å². The van der Waals surface area contributed by atoms with Crippen molar-refractivity contribution in [1.29, 1.82) is 0 Å². The van der Waals surface area contributed by atoms with E-state index in [9.17, 15) is 4.79 Å². The highest BCUT2D eigenvalue weighted by atomic mass is 127. The van der Waals surface area contributed by atoms with E-state index in [1.165, 1.54) is 0 Å². The number of hydrogen-bond acceptors (Lipinski definition) is 2. The largest absolute Gasteiger partial charge is 0.397 e. The lowest BCUT2D eigenvalue weighted by Crippen LogP contribution is -2.16. The third-order valence-electron chi connectivity index (χ3n) is 3.01. The molecule has 0 spiro atoms. The second kappa shape index (κ2) is 6.13. The predicted octanol–water partition coefficient (Wildman–Crippen LogP) is 4.51. The maximum absolute atomic E-state index is 12.4. The first kappa shape index (κ1) is 15.3. The maximum atomic E-state index is 12.4. The van der Waals surface area contributed by atoms with Gasteiger partial charge in [0.2, 0.25) is 0 Å². The summed E-state index contributed by atoms with van der Waals surface area (Å²) in [6.45, 7) is 3.90. The number of carbonyl (C=O) groups excluding carboxylic acids is 1. The Morgan fingerprint density at radius 1 is 1.25 bits per heavy atom. The van der Waals surface area contributed by atoms with Crippen LogP contribution < -0.4 is 11.1 Å². The van der Waals surface area contributed by atoms with Gasteiger partial charge in [0.15, 0.2) is 0 Å². The fourth-order valence-electron chi connectivity index (χ4n) is 1.94. The van der Waals surface area contributed by atoms with Crippen LogP contribution in [0.2, 0.25) is 0 Å². The van der Waals surface area contributed by atoms with Crippen LogP contribution in [0.1, 0.15) is 21.5 Å². The number of rotatable bonds is 2. The van der Waals surface area contributed by atoms with E-state index in [4.69, 9.17) is 5.73 Å². The van der Waals surface area contributed by atoms with Crippen molar-refractivity contribution in [2.45, 2.75) is 13.8 Å². The van der Waals surface area contributed by atoms with Gasteiger partial charge in [-0.25, -0.2) is 0 Å². The van der Waals surface area contributed by atoms with Gasteiger partial charge < -0.3 is 11.1 Å². The molecule has 20 heavy (non-hydrogen) atoms. The van der Waals surface area contributed by atoms with Gasteiger partial charge >= 0.3 is 0 Å². The molecule has 104 valence electrons. The molecule has 0 fully saturated rings. The number of nitrogens with one attached hydrogen (secondary N) is 1. The third-order valence-corrected chi connectivity index (χ3v) is 4.90. The Bertz CT molecular complexity index is 663. The van der Waals surface area contributed by atoms with Gasteiger partial charge in [0.1, 0.15) is 0 Å². The molecule has 0 unspecified atom stereocenters. The van der Waals surface area contributed by atoms with Crippen molar-refractivity contribution in [3.8, 4) is 0 Å². The first-order chi connectivity index (χ1) is 9.40. The molecule has 0 radical (unpaired) electrons. The van der Waals surface area contributed by atoms with Gasteiger partial charge in [-0.1, -0.05) is 28.1 Å². The van der Waals surface area contributed by atoms with Gasteiger partial charge in [-0.15, -0.1) is 0 Å². The summed E-state index contributed by atoms with van der Waals surface area (Å²) >= 11 is 5.57. The minimum atomic E-state index is -0.143. The van der Waals surface area contributed by atoms with E-state index in [1.54, 1.807) is 6.07 Å². The first-order valence-corrected chi connectivity index (χ1v) is 7.89. The van der Waals surface area contributed by atoms with Crippen molar-refractivity contribution >= 4 is 55.8 Å². The maximum Gasteiger partial charge on any atom is 0.256 e. The highest BCUT2D eigenvalue weighted by molar-refractivity contribution is 14.1. The minimum absolute atomic E-state index is 0.143. The molecule has 2 aromatic carbocycles. The van der Waals surface area contributed by atoms with Gasteiger partial charge in [0.25, 0.3) is 5.91 Å². The van der Waals surface area contributed by atoms with Crippen molar-refractivity contribution in [3.63, 3.8) is 0 Å². The molecular formula is C15H14BrIN2O. The Labute approximate surface area is 140 Å². The molecule has 3 nitrogen and oxygen atoms in total. The Morgan fingerprint density at radius 2 is 1.95 bits per heavy atom. The van der Waals surface area contributed by atoms with Crippen LogP contribution in [0, 0.1) is 17.4 Å². The number of nitrogen functional groups attached to an aromatic ring is 1. The van der Waals surface area contributed by atoms with Gasteiger partial charge in [0, 0.05) is 8.04 Å². The average molecular weight is 445 g/mol. The molecule has 5 heteroatoms. The Morgan fingerprint density at radius 3 is 2.60 bits per heavy atom. The van der Waals surface area contributed by atoms with E-state index in [0.717, 1.165) is 19.2 Å². The summed E-state index contributed by atoms with van der Waals surface area (Å²) in [5.41, 5.74) is 9.85. The van der Waals surface area contributed by atoms with Crippen molar-refractivity contribution in [2.24, 2.45) is 0 Å². The molecule has 2 aromatic rings. The first-order valence-electron chi connectivity index (χ1n) is 6.02. The van der Waals surface area contributed by atoms with Crippen molar-refractivity contribution in [1.82, 2.24) is 0 Å². The molecule has 0 aliphatic heterocycles. The zero-order valence-electron chi connectivity index (χ0n) is 11.1. The molecular weight excluding hydrogens is 431 g/mol. The molecule has 3 N–H and O–H groups in total. The zero-order valence-corrected chi connectivity index (χ0v) is 14.9. The highest BCUT2D eigenvalue weighted by Gasteiger charge is 2.14. The second-order valence-electron chi connectivity index (χ2n) is 4.58. The molecule has 0 aromatic heterocycles. The molecule has 0 bridgehead atoms. The van der Waals surface area contributed by atoms with E-state index in [2.05, 4.69) is 43.8 Å². The summed E-state index contributed by atoms with van der Waals surface area (Å²) in [5, 5.41) is 2.90. The number of anilines is 2. The van der Waals surface area contributed by atoms with E-state index in [1.807, 2.05) is 38.1 Å². The lowest BCUT2D eigenvalue weighted by Gasteiger charge is -2.13. The summed E-state index contributed by atoms with van der Waals surface area (Å²) in [6.07, 6.45) is 0. The number of nitrogens with two attached hydrogens (primary N) is 1. The minimum Gasteiger partial charge on any atom is -0.397 e. The number of amides is 1. The molecule has 0 aliphatic carbocycles. The van der Waals surface area contributed by atoms with Crippen LogP contribution in [0.5, 0.6) is 0 Å². The Kier molecular flexibility index (Phi) is 4.70. The van der Waals surface area contributed by atoms with Crippen LogP contribution in [0.4, 0.5) is 11.4 Å². The fourth-order valence-corrected chi connectivity index (χ4v) is 3.14. The van der Waals surface area contributed by atoms with Gasteiger partial charge in [0.05, 0.1) is 16.9 Å². The summed E-state index contributed by atoms with van der Waals surface area (Å²) in [7, 11) is 0. The monoisotopic (exact) mass is 444 g/mol. The zero-order chi connectivity index (χ0) is 14.9. The van der Waals surface area contributed by atoms with Crippen molar-refractivity contribution in [3.05, 3.63) is 55.1 Å². The normalized spacial score (nSPS) is 10.4. The van der Waals surface area contributed by atoms with Gasteiger partial charge in [-0.05, 0) is 65.8 Å². The summed E-state index contributed by atoms with van der Waals surface area (Å²) in [4.78, 5) is 12.4. The number of aryl methyl sites for hydroxylation is 2. The molecule has 2 rings (SSSR count). The molecule has 0 saturated carbocycles. The van der Waals surface area contributed by atoms with Crippen LogP contribution in [-0.4, -0.2) is 5.91 Å². The standard InChI is InChI=1S/C15H14BrIN2O/c1-8-4-3-5-11(13(8)17)15(20)19-14-9(2)6-10(16)7-12(14)18/h3-7H,18H2,1-2H3,(H,19,20). The van der Waals surface area contributed by atoms with Crippen LogP contribution in [0.15, 0.2) is 34.8 Å². The van der Waals surface area contributed by atoms with E-state index >= 15 is 0 Å². The van der Waals surface area contributed by atoms with E-state index in [0.29, 0.717) is 16.9 Å². The van der Waals surface area contributed by atoms with Crippen LogP contribution >= 0.6 is 38.5 Å². The SMILES string of the molecule is Cc1cccc(C(=O)Nc2c(C)cc(Br)cc2N)c1I. The average Bonchev–Trinajstić information content (AvgIpc) is 2.36. The van der Waals surface area contributed by atoms with Crippen molar-refractivity contribution < 1.29 is 4.79 Å². The summed E-state index contributed by atoms with van der Waals surface area (Å²) < 4.78 is 1.85. The summed E-state index contributed by atoms with van der Waals surface area (Å²) in [5.74, 6) is -0.143. The highest BCUT2D eigenvalue weighted by Crippen LogP contribution is 2.28. The predicted molar refractivity (Wildman–Crippen MR) is 95.1 cm³/mol. The van der Waals surface area contributed by atoms with Crippen LogP contribution in [-0.2, 0) is 0 Å². The van der Waals surface area contributed by atoms with Gasteiger partial charge in [-0.2, -0.15) is 0 Å². The van der Waals surface area contributed by atoms with E-state index < -0.39 is 0 Å². The third kappa shape index (κ3) is 3.15. The topological polar surface area (TPSA) is 55.1 Å². The lowest BCUT2D eigenvalue weighted by molar-refractivity contribution is 0.102. The number of hydrogen-bond donors (Lipinski definition) is 2. The molecule has 0 atom stereocenters. The quantitative estimate of drug-likeness (QED) is 0.529. The number of carbonyl (C=O) groups is 1. The molecule has 0 heterocycles. The molecule has 0 saturated heterocycles. The summed E-state index contributed by atoms with van der Waals surface area (Å²) in [6, 6.07) is 9.38. The second-order valence-corrected chi connectivity index (χ2v) is 6.57. The van der Waals surface area contributed by atoms with Gasteiger partial charge in [-0.3, -0.25) is 4.79 Å². The number of benzene rings is 2. The number of halogens is 2. The van der Waals surface area contributed by atoms with Crippen molar-refractivity contribution in [2.75, 3.05) is 11.1 Å².